The number of hydrogen-bond donors (Lipinski definition) is 1. The lowest BCUT2D eigenvalue weighted by Crippen LogP contribution is -2.16. The molecule has 0 rings (SSSR count). The van der Waals surface area contributed by atoms with Gasteiger partial charge in [-0.1, -0.05) is 0 Å². The number of hydrogen-bond acceptors (Lipinski definition) is 5. The quantitative estimate of drug-likeness (QED) is 0.488. The fraction of sp³-hybridized carbons (Fsp3) is 0.875. The highest BCUT2D eigenvalue weighted by atomic mass is 31.2. The smallest absolute Gasteiger partial charge is 0.314 e. The van der Waals surface area contributed by atoms with Crippen LogP contribution < -0.4 is 5.73 Å². The maximum Gasteiger partial charge on any atom is 0.314 e. The second-order valence-corrected chi connectivity index (χ2v) is 3.83. The van der Waals surface area contributed by atoms with Crippen molar-refractivity contribution in [1.82, 2.24) is 0 Å². The molecule has 0 heterocycles. The van der Waals surface area contributed by atoms with Gasteiger partial charge in [0.2, 0.25) is 0 Å². The van der Waals surface area contributed by atoms with Gasteiger partial charge in [0.05, 0.1) is 13.2 Å². The van der Waals surface area contributed by atoms with E-state index in [4.69, 9.17) is 19.5 Å². The largest absolute Gasteiger partial charge is 0.464 e. The average Bonchev–Trinajstić information content (AvgIpc) is 2.15. The molecular formula is C8H18NO4P. The van der Waals surface area contributed by atoms with E-state index >= 15 is 0 Å². The lowest BCUT2D eigenvalue weighted by atomic mass is 10.7. The topological polar surface area (TPSA) is 70.8 Å². The molecule has 0 aromatic carbocycles. The van der Waals surface area contributed by atoms with E-state index in [9.17, 15) is 4.79 Å². The van der Waals surface area contributed by atoms with Crippen LogP contribution in [0.3, 0.4) is 0 Å². The van der Waals surface area contributed by atoms with Crippen LogP contribution in [0.5, 0.6) is 0 Å². The zero-order chi connectivity index (χ0) is 10.8. The average molecular weight is 223 g/mol. The third-order valence-electron chi connectivity index (χ3n) is 1.19. The molecule has 0 aliphatic rings. The molecule has 0 bridgehead atoms. The lowest BCUT2D eigenvalue weighted by molar-refractivity contribution is -0.140. The SMILES string of the molecule is CCOP(CC(=O)OCCN)OCC. The van der Waals surface area contributed by atoms with E-state index in [0.29, 0.717) is 19.8 Å². The molecule has 0 aromatic heterocycles. The first-order valence-corrected chi connectivity index (χ1v) is 5.99. The maximum atomic E-state index is 11.1. The summed E-state index contributed by atoms with van der Waals surface area (Å²) in [6.45, 7) is 5.39. The van der Waals surface area contributed by atoms with Crippen molar-refractivity contribution in [3.8, 4) is 0 Å². The minimum Gasteiger partial charge on any atom is -0.464 e. The second kappa shape index (κ2) is 9.34. The van der Waals surface area contributed by atoms with Crippen molar-refractivity contribution < 1.29 is 18.6 Å². The van der Waals surface area contributed by atoms with Crippen LogP contribution in [0.1, 0.15) is 13.8 Å². The van der Waals surface area contributed by atoms with Crippen LogP contribution in [0, 0.1) is 0 Å². The molecule has 14 heavy (non-hydrogen) atoms. The van der Waals surface area contributed by atoms with Crippen molar-refractivity contribution in [2.75, 3.05) is 32.5 Å². The zero-order valence-electron chi connectivity index (χ0n) is 8.69. The molecule has 0 amide bonds. The molecule has 0 aliphatic heterocycles. The van der Waals surface area contributed by atoms with Crippen molar-refractivity contribution >= 4 is 14.3 Å². The summed E-state index contributed by atoms with van der Waals surface area (Å²) < 4.78 is 15.3. The molecule has 0 fully saturated rings. The normalized spacial score (nSPS) is 10.6. The molecule has 0 saturated heterocycles. The van der Waals surface area contributed by atoms with Gasteiger partial charge >= 0.3 is 5.97 Å². The van der Waals surface area contributed by atoms with E-state index in [1.807, 2.05) is 13.8 Å². The van der Waals surface area contributed by atoms with Gasteiger partial charge in [0, 0.05) is 6.54 Å². The van der Waals surface area contributed by atoms with Crippen molar-refractivity contribution in [1.29, 1.82) is 0 Å². The van der Waals surface area contributed by atoms with Crippen LogP contribution in [0.15, 0.2) is 0 Å². The highest BCUT2D eigenvalue weighted by molar-refractivity contribution is 7.48. The Morgan fingerprint density at radius 1 is 1.29 bits per heavy atom. The Labute approximate surface area is 85.8 Å². The van der Waals surface area contributed by atoms with Crippen LogP contribution >= 0.6 is 8.38 Å². The standard InChI is InChI=1S/C8H18NO4P/c1-3-12-14(13-4-2)7-8(10)11-6-5-9/h3-7,9H2,1-2H3. The second-order valence-electron chi connectivity index (χ2n) is 2.34. The third-order valence-corrected chi connectivity index (χ3v) is 2.79. The number of rotatable bonds is 8. The first kappa shape index (κ1) is 13.8. The van der Waals surface area contributed by atoms with Gasteiger partial charge in [-0.2, -0.15) is 0 Å². The summed E-state index contributed by atoms with van der Waals surface area (Å²) in [6, 6.07) is 0. The Morgan fingerprint density at radius 2 is 1.86 bits per heavy atom. The van der Waals surface area contributed by atoms with Crippen LogP contribution in [0.25, 0.3) is 0 Å². The molecule has 5 nitrogen and oxygen atoms in total. The van der Waals surface area contributed by atoms with Gasteiger partial charge in [0.15, 0.2) is 8.38 Å². The maximum absolute atomic E-state index is 11.1. The van der Waals surface area contributed by atoms with Gasteiger partial charge in [0.25, 0.3) is 0 Å². The number of carbonyl (C=O) groups excluding carboxylic acids is 1. The fourth-order valence-corrected chi connectivity index (χ4v) is 1.88. The van der Waals surface area contributed by atoms with E-state index in [-0.39, 0.29) is 18.7 Å². The molecule has 0 aromatic rings. The van der Waals surface area contributed by atoms with Crippen molar-refractivity contribution in [3.63, 3.8) is 0 Å². The van der Waals surface area contributed by atoms with Gasteiger partial charge in [0.1, 0.15) is 12.8 Å². The Morgan fingerprint density at radius 3 is 2.29 bits per heavy atom. The molecule has 2 N–H and O–H groups in total. The molecular weight excluding hydrogens is 205 g/mol. The summed E-state index contributed by atoms with van der Waals surface area (Å²) >= 11 is 0. The molecule has 0 radical (unpaired) electrons. The van der Waals surface area contributed by atoms with Crippen LogP contribution in [-0.2, 0) is 18.6 Å². The molecule has 6 heteroatoms. The zero-order valence-corrected chi connectivity index (χ0v) is 9.59. The monoisotopic (exact) mass is 223 g/mol. The Kier molecular flexibility index (Phi) is 9.19. The first-order valence-electron chi connectivity index (χ1n) is 4.63. The molecule has 0 unspecified atom stereocenters. The Bertz CT molecular complexity index is 150. The minimum absolute atomic E-state index is 0.178. The minimum atomic E-state index is -1.13. The summed E-state index contributed by atoms with van der Waals surface area (Å²) in [5, 5.41) is 0. The predicted molar refractivity (Wildman–Crippen MR) is 55.1 cm³/mol. The highest BCUT2D eigenvalue weighted by Crippen LogP contribution is 2.37. The third kappa shape index (κ3) is 7.21. The van der Waals surface area contributed by atoms with Crippen LogP contribution in [-0.4, -0.2) is 38.5 Å². The summed E-state index contributed by atoms with van der Waals surface area (Å²) in [7, 11) is -1.13. The number of carbonyl (C=O) groups is 1. The predicted octanol–water partition coefficient (Wildman–Crippen LogP) is 0.873. The van der Waals surface area contributed by atoms with Crippen molar-refractivity contribution in [3.05, 3.63) is 0 Å². The lowest BCUT2D eigenvalue weighted by Gasteiger charge is -2.14. The molecule has 0 atom stereocenters. The number of esters is 1. The Hall–Kier alpha value is -0.220. The number of ether oxygens (including phenoxy) is 1. The van der Waals surface area contributed by atoms with Crippen molar-refractivity contribution in [2.24, 2.45) is 5.73 Å². The van der Waals surface area contributed by atoms with Crippen molar-refractivity contribution in [2.45, 2.75) is 13.8 Å². The van der Waals surface area contributed by atoms with Gasteiger partial charge in [-0.3, -0.25) is 4.79 Å². The van der Waals surface area contributed by atoms with E-state index in [1.165, 1.54) is 0 Å². The van der Waals surface area contributed by atoms with Gasteiger partial charge in [-0.05, 0) is 13.8 Å². The number of nitrogens with two attached hydrogens (primary N) is 1. The summed E-state index contributed by atoms with van der Waals surface area (Å²) in [4.78, 5) is 11.1. The molecule has 0 spiro atoms. The van der Waals surface area contributed by atoms with E-state index in [2.05, 4.69) is 0 Å². The Balaban J connectivity index is 3.71. The summed E-state index contributed by atoms with van der Waals surface area (Å²) in [5.74, 6) is -0.316. The molecule has 0 saturated carbocycles. The van der Waals surface area contributed by atoms with E-state index < -0.39 is 8.38 Å². The van der Waals surface area contributed by atoms with Crippen LogP contribution in [0.4, 0.5) is 0 Å². The fourth-order valence-electron chi connectivity index (χ4n) is 0.740. The highest BCUT2D eigenvalue weighted by Gasteiger charge is 2.15. The summed E-state index contributed by atoms with van der Waals surface area (Å²) in [6.07, 6.45) is 0.178. The first-order chi connectivity index (χ1) is 6.74. The summed E-state index contributed by atoms with van der Waals surface area (Å²) in [5.41, 5.74) is 5.19. The molecule has 84 valence electrons. The van der Waals surface area contributed by atoms with Crippen LogP contribution in [0.2, 0.25) is 0 Å². The van der Waals surface area contributed by atoms with E-state index in [0.717, 1.165) is 0 Å². The van der Waals surface area contributed by atoms with E-state index in [1.54, 1.807) is 0 Å². The van der Waals surface area contributed by atoms with Gasteiger partial charge in [-0.15, -0.1) is 0 Å². The van der Waals surface area contributed by atoms with Gasteiger partial charge in [-0.25, -0.2) is 0 Å². The molecule has 0 aliphatic carbocycles. The van der Waals surface area contributed by atoms with Gasteiger partial charge < -0.3 is 19.5 Å².